The second kappa shape index (κ2) is 19.6. The summed E-state index contributed by atoms with van der Waals surface area (Å²) in [5.74, 6) is -0.128. The Morgan fingerprint density at radius 2 is 1.15 bits per heavy atom. The van der Waals surface area contributed by atoms with E-state index < -0.39 is 129 Å². The van der Waals surface area contributed by atoms with Gasteiger partial charge in [0.15, 0.2) is 18.9 Å². The van der Waals surface area contributed by atoms with Crippen LogP contribution in [0.25, 0.3) is 0 Å². The zero-order valence-corrected chi connectivity index (χ0v) is 40.0. The van der Waals surface area contributed by atoms with E-state index in [9.17, 15) is 61.3 Å². The van der Waals surface area contributed by atoms with Crippen LogP contribution in [0.3, 0.4) is 0 Å². The lowest BCUT2D eigenvalue weighted by Gasteiger charge is -2.71. The summed E-state index contributed by atoms with van der Waals surface area (Å²) in [6.45, 7) is 15.8. The zero-order valence-electron chi connectivity index (χ0n) is 40.0. The first kappa shape index (κ1) is 52.8. The van der Waals surface area contributed by atoms with Crippen molar-refractivity contribution in [1.29, 1.82) is 0 Å². The number of allylic oxidation sites excluding steroid dienone is 2. The predicted octanol–water partition coefficient (Wildman–Crippen LogP) is -0.0268. The highest BCUT2D eigenvalue weighted by molar-refractivity contribution is 5.20. The maximum atomic E-state index is 12.7. The van der Waals surface area contributed by atoms with E-state index >= 15 is 0 Å². The number of hydrogen-bond acceptors (Lipinski definition) is 18. The van der Waals surface area contributed by atoms with Crippen molar-refractivity contribution in [3.63, 3.8) is 0 Å². The fraction of sp³-hybridized carbons (Fsp3) is 0.958. The monoisotopic (exact) mass is 947 g/mol. The van der Waals surface area contributed by atoms with Crippen molar-refractivity contribution < 1.29 is 89.7 Å². The summed E-state index contributed by atoms with van der Waals surface area (Å²) in [4.78, 5) is 0. The highest BCUT2D eigenvalue weighted by atomic mass is 16.7. The van der Waals surface area contributed by atoms with Crippen LogP contribution in [0.2, 0.25) is 0 Å². The molecular formula is C48H82O18. The molecule has 25 atom stereocenters. The predicted molar refractivity (Wildman–Crippen MR) is 234 cm³/mol. The van der Waals surface area contributed by atoms with Crippen LogP contribution < -0.4 is 0 Å². The molecule has 382 valence electrons. The van der Waals surface area contributed by atoms with Gasteiger partial charge < -0.3 is 89.7 Å². The molecule has 4 aliphatic carbocycles. The molecule has 3 heterocycles. The molecule has 0 aromatic carbocycles. The topological polar surface area (TPSA) is 298 Å². The third kappa shape index (κ3) is 8.90. The van der Waals surface area contributed by atoms with Gasteiger partial charge in [-0.15, -0.1) is 0 Å². The van der Waals surface area contributed by atoms with Gasteiger partial charge in [-0.1, -0.05) is 46.3 Å². The van der Waals surface area contributed by atoms with Crippen LogP contribution in [-0.4, -0.2) is 191 Å². The van der Waals surface area contributed by atoms with E-state index in [1.807, 2.05) is 20.8 Å². The summed E-state index contributed by atoms with van der Waals surface area (Å²) in [5.41, 5.74) is -1.06. The zero-order chi connectivity index (χ0) is 48.6. The number of aliphatic hydroxyl groups excluding tert-OH is 12. The number of rotatable bonds is 13. The number of aliphatic hydroxyl groups is 12. The Morgan fingerprint density at radius 1 is 0.621 bits per heavy atom. The highest BCUT2D eigenvalue weighted by Crippen LogP contribution is 2.76. The Morgan fingerprint density at radius 3 is 1.74 bits per heavy atom. The summed E-state index contributed by atoms with van der Waals surface area (Å²) >= 11 is 0. The normalized spacial score (nSPS) is 52.4. The molecule has 3 aliphatic heterocycles. The molecule has 0 radical (unpaired) electrons. The molecule has 0 amide bonds. The van der Waals surface area contributed by atoms with Gasteiger partial charge in [0.1, 0.15) is 73.2 Å². The Hall–Kier alpha value is -0.980. The van der Waals surface area contributed by atoms with E-state index in [-0.39, 0.29) is 46.0 Å². The number of fused-ring (bicyclic) bond motifs is 5. The third-order valence-corrected chi connectivity index (χ3v) is 18.8. The van der Waals surface area contributed by atoms with Crippen molar-refractivity contribution in [3.8, 4) is 0 Å². The molecule has 12 N–H and O–H groups in total. The number of ether oxygens (including phenoxy) is 6. The Labute approximate surface area is 388 Å². The fourth-order valence-corrected chi connectivity index (χ4v) is 14.8. The first-order valence-electron chi connectivity index (χ1n) is 24.4. The quantitative estimate of drug-likeness (QED) is 0.0853. The van der Waals surface area contributed by atoms with Gasteiger partial charge in [0, 0.05) is 0 Å². The maximum absolute atomic E-state index is 12.7. The molecular weight excluding hydrogens is 865 g/mol. The van der Waals surface area contributed by atoms with Crippen LogP contribution in [0.15, 0.2) is 11.6 Å². The van der Waals surface area contributed by atoms with Gasteiger partial charge >= 0.3 is 0 Å². The molecule has 4 saturated carbocycles. The molecule has 13 unspecified atom stereocenters. The molecule has 7 aliphatic rings. The second-order valence-electron chi connectivity index (χ2n) is 22.9. The Bertz CT molecular complexity index is 1680. The molecule has 0 aromatic heterocycles. The molecule has 0 bridgehead atoms. The Kier molecular flexibility index (Phi) is 15.7. The summed E-state index contributed by atoms with van der Waals surface area (Å²) in [5, 5.41) is 129. The van der Waals surface area contributed by atoms with E-state index in [0.29, 0.717) is 32.1 Å². The number of hydrogen-bond donors (Lipinski definition) is 12. The standard InChI is InChI=1S/C48H82O18/c1-22(2)10-9-14-48(8,66-43-40(60)37(57)34(54)27(64-43)21-61-41-38(58)35(55)32(52)25(19-49)62-41)23-11-16-47(7)31(23)24(51)18-29-45(5)15-13-30(44(3,4)28(45)12-17-46(29,47)6)65-42-39(59)36(56)33(53)26(20-50)63-42/h10,23-43,49-60H,9,11-21H2,1-8H3/t23?,24?,25-,26-,27-,28?,29?,30?,31?,32-,33-,34-,35+,36+,37-,38-,39-,40+,41?,42?,43?,45?,46?,47?,48?/m1/s1. The van der Waals surface area contributed by atoms with Crippen molar-refractivity contribution in [2.24, 2.45) is 45.3 Å². The van der Waals surface area contributed by atoms with Crippen molar-refractivity contribution in [2.45, 2.75) is 223 Å². The summed E-state index contributed by atoms with van der Waals surface area (Å²) in [7, 11) is 0. The van der Waals surface area contributed by atoms with E-state index in [1.165, 1.54) is 0 Å². The lowest BCUT2D eigenvalue weighted by Crippen LogP contribution is -2.67. The maximum Gasteiger partial charge on any atom is 0.187 e. The van der Waals surface area contributed by atoms with Gasteiger partial charge in [0.05, 0.1) is 37.6 Å². The van der Waals surface area contributed by atoms with Gasteiger partial charge in [0.25, 0.3) is 0 Å². The molecule has 66 heavy (non-hydrogen) atoms. The largest absolute Gasteiger partial charge is 0.394 e. The van der Waals surface area contributed by atoms with Crippen molar-refractivity contribution in [3.05, 3.63) is 11.6 Å². The summed E-state index contributed by atoms with van der Waals surface area (Å²) in [6.07, 6.45) is -14.9. The first-order chi connectivity index (χ1) is 30.8. The Balaban J connectivity index is 1.11. The second-order valence-corrected chi connectivity index (χ2v) is 22.9. The molecule has 0 aromatic rings. The molecule has 7 rings (SSSR count). The van der Waals surface area contributed by atoms with Crippen LogP contribution in [0.1, 0.15) is 113 Å². The summed E-state index contributed by atoms with van der Waals surface area (Å²) < 4.78 is 36.6. The van der Waals surface area contributed by atoms with Crippen LogP contribution in [-0.2, 0) is 28.4 Å². The minimum Gasteiger partial charge on any atom is -0.394 e. The lowest BCUT2D eigenvalue weighted by atomic mass is 9.35. The van der Waals surface area contributed by atoms with Crippen molar-refractivity contribution >= 4 is 0 Å². The van der Waals surface area contributed by atoms with Gasteiger partial charge in [0.2, 0.25) is 0 Å². The van der Waals surface area contributed by atoms with Crippen LogP contribution >= 0.6 is 0 Å². The van der Waals surface area contributed by atoms with Gasteiger partial charge in [-0.3, -0.25) is 0 Å². The van der Waals surface area contributed by atoms with Crippen molar-refractivity contribution in [2.75, 3.05) is 19.8 Å². The van der Waals surface area contributed by atoms with Crippen LogP contribution in [0.5, 0.6) is 0 Å². The molecule has 0 spiro atoms. The van der Waals surface area contributed by atoms with E-state index in [4.69, 9.17) is 28.4 Å². The summed E-state index contributed by atoms with van der Waals surface area (Å²) in [6, 6.07) is 0. The van der Waals surface area contributed by atoms with Crippen molar-refractivity contribution in [1.82, 2.24) is 0 Å². The van der Waals surface area contributed by atoms with E-state index in [1.54, 1.807) is 0 Å². The fourth-order valence-electron chi connectivity index (χ4n) is 14.8. The lowest BCUT2D eigenvalue weighted by molar-refractivity contribution is -0.350. The van der Waals surface area contributed by atoms with E-state index in [0.717, 1.165) is 31.3 Å². The van der Waals surface area contributed by atoms with Gasteiger partial charge in [-0.2, -0.15) is 0 Å². The molecule has 3 saturated heterocycles. The smallest absolute Gasteiger partial charge is 0.187 e. The SMILES string of the molecule is CC(C)=CCCC(C)(OC1O[C@H](COC2O[C@H](CO)[C@@H](O)[C@H](O)[C@H]2O)[C@@H](O)[C@@H](O)[C@@H]1O)C1CCC2(C)C1C(O)CC1C3(C)CCC(OC4O[C@H](CO)[C@@H](O)[C@H](O)[C@H]4O)C(C)(C)C3CCC12C. The average Bonchev–Trinajstić information content (AvgIpc) is 3.65. The van der Waals surface area contributed by atoms with Gasteiger partial charge in [-0.05, 0) is 124 Å². The van der Waals surface area contributed by atoms with Crippen LogP contribution in [0, 0.1) is 45.3 Å². The van der Waals surface area contributed by atoms with E-state index in [2.05, 4.69) is 40.7 Å². The third-order valence-electron chi connectivity index (χ3n) is 18.8. The molecule has 7 fully saturated rings. The average molecular weight is 947 g/mol. The van der Waals surface area contributed by atoms with Crippen LogP contribution in [0.4, 0.5) is 0 Å². The molecule has 18 nitrogen and oxygen atoms in total. The minimum atomic E-state index is -1.72. The van der Waals surface area contributed by atoms with Gasteiger partial charge in [-0.25, -0.2) is 0 Å². The minimum absolute atomic E-state index is 0.133. The highest BCUT2D eigenvalue weighted by Gasteiger charge is 2.72. The molecule has 18 heteroatoms. The first-order valence-corrected chi connectivity index (χ1v) is 24.4.